The Morgan fingerprint density at radius 3 is 2.80 bits per heavy atom. The summed E-state index contributed by atoms with van der Waals surface area (Å²) in [5.74, 6) is -0.676. The Balaban J connectivity index is 1.33. The lowest BCUT2D eigenvalue weighted by atomic mass is 10.2. The van der Waals surface area contributed by atoms with E-state index in [1.807, 2.05) is 0 Å². The number of amides is 2. The SMILES string of the molecule is O=C(COC(=O)c1ccc(Cn2cccn2)o1)Nc1ccccc1N1CCCC1=O. The molecule has 1 aliphatic rings. The number of hydrogen-bond acceptors (Lipinski definition) is 6. The molecule has 0 unspecified atom stereocenters. The third-order valence-corrected chi connectivity index (χ3v) is 4.62. The average Bonchev–Trinajstić information content (AvgIpc) is 3.50. The van der Waals surface area contributed by atoms with Gasteiger partial charge in [-0.25, -0.2) is 4.79 Å². The van der Waals surface area contributed by atoms with Gasteiger partial charge < -0.3 is 19.4 Å². The third kappa shape index (κ3) is 4.40. The van der Waals surface area contributed by atoms with Crippen molar-refractivity contribution in [3.8, 4) is 0 Å². The van der Waals surface area contributed by atoms with Crippen LogP contribution in [-0.4, -0.2) is 40.7 Å². The fraction of sp³-hybridized carbons (Fsp3) is 0.238. The van der Waals surface area contributed by atoms with Crippen LogP contribution in [0, 0.1) is 0 Å². The monoisotopic (exact) mass is 408 g/mol. The lowest BCUT2D eigenvalue weighted by Gasteiger charge is -2.19. The van der Waals surface area contributed by atoms with E-state index in [4.69, 9.17) is 9.15 Å². The molecule has 154 valence electrons. The highest BCUT2D eigenvalue weighted by atomic mass is 16.5. The second-order valence-corrected chi connectivity index (χ2v) is 6.76. The molecule has 1 aromatic carbocycles. The Morgan fingerprint density at radius 1 is 1.17 bits per heavy atom. The zero-order chi connectivity index (χ0) is 20.9. The number of nitrogens with one attached hydrogen (secondary N) is 1. The quantitative estimate of drug-likeness (QED) is 0.602. The maximum Gasteiger partial charge on any atom is 0.374 e. The number of hydrogen-bond donors (Lipinski definition) is 1. The number of rotatable bonds is 7. The van der Waals surface area contributed by atoms with Gasteiger partial charge in [0.25, 0.3) is 5.91 Å². The Morgan fingerprint density at radius 2 is 2.03 bits per heavy atom. The molecule has 2 amide bonds. The van der Waals surface area contributed by atoms with Crippen molar-refractivity contribution in [1.82, 2.24) is 9.78 Å². The first-order valence-corrected chi connectivity index (χ1v) is 9.52. The molecule has 0 saturated carbocycles. The summed E-state index contributed by atoms with van der Waals surface area (Å²) in [4.78, 5) is 38.1. The Bertz CT molecular complexity index is 1060. The van der Waals surface area contributed by atoms with Crippen LogP contribution in [0.3, 0.4) is 0 Å². The zero-order valence-electron chi connectivity index (χ0n) is 16.1. The number of furan rings is 1. The standard InChI is InChI=1S/C21H20N4O5/c26-19(23-16-5-1-2-6-17(16)25-12-3-7-20(25)27)14-29-21(28)18-9-8-15(30-18)13-24-11-4-10-22-24/h1-2,4-6,8-11H,3,7,12-14H2,(H,23,26). The van der Waals surface area contributed by atoms with E-state index in [1.165, 1.54) is 6.07 Å². The number of ether oxygens (including phenoxy) is 1. The van der Waals surface area contributed by atoms with E-state index in [9.17, 15) is 14.4 Å². The largest absolute Gasteiger partial charge is 0.452 e. The minimum Gasteiger partial charge on any atom is -0.452 e. The van der Waals surface area contributed by atoms with Crippen LogP contribution >= 0.6 is 0 Å². The molecule has 0 spiro atoms. The van der Waals surface area contributed by atoms with Gasteiger partial charge in [-0.2, -0.15) is 5.10 Å². The molecule has 3 heterocycles. The molecule has 1 aliphatic heterocycles. The maximum atomic E-state index is 12.3. The molecule has 9 heteroatoms. The molecule has 1 saturated heterocycles. The first kappa shape index (κ1) is 19.4. The number of para-hydroxylation sites is 2. The second-order valence-electron chi connectivity index (χ2n) is 6.76. The minimum absolute atomic E-state index is 0.00743. The van der Waals surface area contributed by atoms with E-state index in [1.54, 1.807) is 58.4 Å². The summed E-state index contributed by atoms with van der Waals surface area (Å²) < 4.78 is 12.2. The fourth-order valence-corrected chi connectivity index (χ4v) is 3.23. The molecular formula is C21H20N4O5. The van der Waals surface area contributed by atoms with Crippen LogP contribution in [0.15, 0.2) is 59.3 Å². The van der Waals surface area contributed by atoms with Crippen molar-refractivity contribution in [1.29, 1.82) is 0 Å². The van der Waals surface area contributed by atoms with E-state index < -0.39 is 18.5 Å². The van der Waals surface area contributed by atoms with Crippen molar-refractivity contribution in [2.45, 2.75) is 19.4 Å². The highest BCUT2D eigenvalue weighted by molar-refractivity contribution is 6.02. The van der Waals surface area contributed by atoms with Crippen LogP contribution in [0.2, 0.25) is 0 Å². The Hall–Kier alpha value is -3.88. The molecule has 0 radical (unpaired) electrons. The van der Waals surface area contributed by atoms with Crippen molar-refractivity contribution in [2.75, 3.05) is 23.4 Å². The van der Waals surface area contributed by atoms with E-state index >= 15 is 0 Å². The van der Waals surface area contributed by atoms with Gasteiger partial charge in [0.15, 0.2) is 6.61 Å². The third-order valence-electron chi connectivity index (χ3n) is 4.62. The second kappa shape index (κ2) is 8.64. The van der Waals surface area contributed by atoms with Crippen molar-refractivity contribution in [3.05, 3.63) is 66.4 Å². The number of anilines is 2. The summed E-state index contributed by atoms with van der Waals surface area (Å²) in [7, 11) is 0. The summed E-state index contributed by atoms with van der Waals surface area (Å²) in [6.45, 7) is 0.517. The fourth-order valence-electron chi connectivity index (χ4n) is 3.23. The number of benzene rings is 1. The molecule has 1 N–H and O–H groups in total. The normalized spacial score (nSPS) is 13.5. The number of esters is 1. The molecule has 0 bridgehead atoms. The van der Waals surface area contributed by atoms with Gasteiger partial charge in [-0.05, 0) is 36.8 Å². The number of aromatic nitrogens is 2. The first-order valence-electron chi connectivity index (χ1n) is 9.52. The molecule has 0 aliphatic carbocycles. The number of nitrogens with zero attached hydrogens (tertiary/aromatic N) is 3. The molecule has 3 aromatic rings. The van der Waals surface area contributed by atoms with Gasteiger partial charge in [-0.3, -0.25) is 14.3 Å². The lowest BCUT2D eigenvalue weighted by molar-refractivity contribution is -0.119. The van der Waals surface area contributed by atoms with Crippen LogP contribution in [0.1, 0.15) is 29.2 Å². The lowest BCUT2D eigenvalue weighted by Crippen LogP contribution is -2.26. The molecule has 1 fully saturated rings. The van der Waals surface area contributed by atoms with Crippen LogP contribution in [0.5, 0.6) is 0 Å². The summed E-state index contributed by atoms with van der Waals surface area (Å²) in [5.41, 5.74) is 1.13. The van der Waals surface area contributed by atoms with Crippen LogP contribution in [-0.2, 0) is 20.9 Å². The van der Waals surface area contributed by atoms with Crippen molar-refractivity contribution in [3.63, 3.8) is 0 Å². The van der Waals surface area contributed by atoms with Crippen LogP contribution in [0.4, 0.5) is 11.4 Å². The highest BCUT2D eigenvalue weighted by Gasteiger charge is 2.24. The summed E-state index contributed by atoms with van der Waals surface area (Å²) >= 11 is 0. The Kier molecular flexibility index (Phi) is 5.60. The molecule has 0 atom stereocenters. The molecule has 4 rings (SSSR count). The average molecular weight is 408 g/mol. The highest BCUT2D eigenvalue weighted by Crippen LogP contribution is 2.29. The predicted octanol–water partition coefficient (Wildman–Crippen LogP) is 2.45. The van der Waals surface area contributed by atoms with Crippen molar-refractivity contribution < 1.29 is 23.5 Å². The molecule has 30 heavy (non-hydrogen) atoms. The number of carbonyl (C=O) groups is 3. The first-order chi connectivity index (χ1) is 14.6. The summed E-state index contributed by atoms with van der Waals surface area (Å²) in [6, 6.07) is 12.0. The minimum atomic E-state index is -0.736. The summed E-state index contributed by atoms with van der Waals surface area (Å²) in [5, 5.41) is 6.77. The van der Waals surface area contributed by atoms with Crippen molar-refractivity contribution in [2.24, 2.45) is 0 Å². The van der Waals surface area contributed by atoms with Gasteiger partial charge in [-0.15, -0.1) is 0 Å². The van der Waals surface area contributed by atoms with E-state index in [2.05, 4.69) is 10.4 Å². The number of carbonyl (C=O) groups excluding carboxylic acids is 3. The van der Waals surface area contributed by atoms with Gasteiger partial charge in [0.05, 0.1) is 17.9 Å². The predicted molar refractivity (Wildman–Crippen MR) is 107 cm³/mol. The van der Waals surface area contributed by atoms with Gasteiger partial charge in [-0.1, -0.05) is 12.1 Å². The Labute approximate surface area is 172 Å². The topological polar surface area (TPSA) is 107 Å². The van der Waals surface area contributed by atoms with Gasteiger partial charge in [0, 0.05) is 25.4 Å². The molecule has 2 aromatic heterocycles. The van der Waals surface area contributed by atoms with Gasteiger partial charge >= 0.3 is 5.97 Å². The molecular weight excluding hydrogens is 388 g/mol. The summed E-state index contributed by atoms with van der Waals surface area (Å²) in [6.07, 6.45) is 4.70. The smallest absolute Gasteiger partial charge is 0.374 e. The molecule has 9 nitrogen and oxygen atoms in total. The zero-order valence-corrected chi connectivity index (χ0v) is 16.1. The van der Waals surface area contributed by atoms with Gasteiger partial charge in [0.2, 0.25) is 11.7 Å². The maximum absolute atomic E-state index is 12.3. The van der Waals surface area contributed by atoms with Crippen LogP contribution in [0.25, 0.3) is 0 Å². The van der Waals surface area contributed by atoms with E-state index in [0.29, 0.717) is 36.6 Å². The van der Waals surface area contributed by atoms with Gasteiger partial charge in [0.1, 0.15) is 5.76 Å². The van der Waals surface area contributed by atoms with Crippen molar-refractivity contribution >= 4 is 29.2 Å². The van der Waals surface area contributed by atoms with E-state index in [-0.39, 0.29) is 11.7 Å². The van der Waals surface area contributed by atoms with E-state index in [0.717, 1.165) is 6.42 Å². The van der Waals surface area contributed by atoms with Crippen LogP contribution < -0.4 is 10.2 Å².